The van der Waals surface area contributed by atoms with Gasteiger partial charge in [0.05, 0.1) is 17.0 Å². The largest absolute Gasteiger partial charge is 0.371 e. The molecule has 0 spiro atoms. The maximum Gasteiger partial charge on any atom is 0.0932 e. The minimum atomic E-state index is 0.206. The molecule has 2 nitrogen and oxygen atoms in total. The summed E-state index contributed by atoms with van der Waals surface area (Å²) in [7, 11) is 0. The van der Waals surface area contributed by atoms with E-state index < -0.39 is 0 Å². The van der Waals surface area contributed by atoms with Gasteiger partial charge in [-0.3, -0.25) is 0 Å². The van der Waals surface area contributed by atoms with Crippen molar-refractivity contribution >= 4 is 22.9 Å². The van der Waals surface area contributed by atoms with Gasteiger partial charge in [-0.2, -0.15) is 0 Å². The fraction of sp³-hybridized carbons (Fsp3) is 0.667. The molecule has 2 atom stereocenters. The average molecular weight is 260 g/mol. The molecule has 2 N–H and O–H groups in total. The Morgan fingerprint density at radius 2 is 2.12 bits per heavy atom. The van der Waals surface area contributed by atoms with E-state index in [2.05, 4.69) is 0 Å². The van der Waals surface area contributed by atoms with Gasteiger partial charge in [-0.25, -0.2) is 0 Å². The Morgan fingerprint density at radius 3 is 2.88 bits per heavy atom. The van der Waals surface area contributed by atoms with Gasteiger partial charge in [0.25, 0.3) is 0 Å². The summed E-state index contributed by atoms with van der Waals surface area (Å²) in [6.45, 7) is 0.649. The fourth-order valence-electron chi connectivity index (χ4n) is 2.13. The zero-order valence-corrected chi connectivity index (χ0v) is 10.9. The molecule has 2 unspecified atom stereocenters. The Morgan fingerprint density at radius 1 is 1.31 bits per heavy atom. The molecule has 1 aromatic heterocycles. The third-order valence-corrected chi connectivity index (χ3v) is 4.28. The molecule has 1 aliphatic rings. The number of thiophene rings is 1. The molecule has 0 saturated heterocycles. The number of nitrogens with two attached hydrogens (primary N) is 1. The lowest BCUT2D eigenvalue weighted by atomic mass is 10.1. The van der Waals surface area contributed by atoms with Crippen molar-refractivity contribution in [2.75, 3.05) is 0 Å². The van der Waals surface area contributed by atoms with E-state index in [4.69, 9.17) is 22.1 Å². The topological polar surface area (TPSA) is 35.2 Å². The summed E-state index contributed by atoms with van der Waals surface area (Å²) < 4.78 is 6.72. The zero-order valence-electron chi connectivity index (χ0n) is 9.32. The Balaban J connectivity index is 1.83. The van der Waals surface area contributed by atoms with Gasteiger partial charge in [0.1, 0.15) is 0 Å². The Hall–Kier alpha value is -0.0900. The molecule has 0 aromatic carbocycles. The van der Waals surface area contributed by atoms with E-state index in [1.54, 1.807) is 11.3 Å². The van der Waals surface area contributed by atoms with Crippen LogP contribution in [0.3, 0.4) is 0 Å². The van der Waals surface area contributed by atoms with Crippen LogP contribution in [0.15, 0.2) is 12.1 Å². The van der Waals surface area contributed by atoms with Crippen molar-refractivity contribution in [3.63, 3.8) is 0 Å². The number of hydrogen-bond donors (Lipinski definition) is 1. The molecule has 0 bridgehead atoms. The van der Waals surface area contributed by atoms with Crippen molar-refractivity contribution < 1.29 is 4.74 Å². The second-order valence-electron chi connectivity index (χ2n) is 4.36. The van der Waals surface area contributed by atoms with Gasteiger partial charge in [-0.05, 0) is 25.0 Å². The molecular weight excluding hydrogens is 242 g/mol. The van der Waals surface area contributed by atoms with E-state index in [1.807, 2.05) is 12.1 Å². The fourth-order valence-corrected chi connectivity index (χ4v) is 3.14. The molecule has 1 aliphatic carbocycles. The van der Waals surface area contributed by atoms with Crippen LogP contribution < -0.4 is 5.73 Å². The molecule has 0 radical (unpaired) electrons. The van der Waals surface area contributed by atoms with Crippen molar-refractivity contribution in [3.8, 4) is 0 Å². The van der Waals surface area contributed by atoms with E-state index >= 15 is 0 Å². The van der Waals surface area contributed by atoms with Crippen LogP contribution >= 0.6 is 22.9 Å². The molecular formula is C12H18ClNOS. The van der Waals surface area contributed by atoms with Crippen LogP contribution in [0.5, 0.6) is 0 Å². The van der Waals surface area contributed by atoms with Crippen LogP contribution in [0, 0.1) is 0 Å². The molecule has 4 heteroatoms. The Bertz CT molecular complexity index is 329. The first-order chi connectivity index (χ1) is 7.75. The summed E-state index contributed by atoms with van der Waals surface area (Å²) >= 11 is 7.46. The first-order valence-electron chi connectivity index (χ1n) is 5.87. The SMILES string of the molecule is NC1CCCCCC1OCc1ccc(Cl)s1. The minimum absolute atomic E-state index is 0.206. The molecule has 1 fully saturated rings. The minimum Gasteiger partial charge on any atom is -0.371 e. The van der Waals surface area contributed by atoms with Crippen molar-refractivity contribution in [1.29, 1.82) is 0 Å². The van der Waals surface area contributed by atoms with Gasteiger partial charge in [0.2, 0.25) is 0 Å². The molecule has 1 heterocycles. The van der Waals surface area contributed by atoms with E-state index in [9.17, 15) is 0 Å². The Kier molecular flexibility index (Phi) is 4.65. The van der Waals surface area contributed by atoms with E-state index in [0.717, 1.165) is 17.2 Å². The lowest BCUT2D eigenvalue weighted by molar-refractivity contribution is 0.0208. The highest BCUT2D eigenvalue weighted by Gasteiger charge is 2.20. The summed E-state index contributed by atoms with van der Waals surface area (Å²) in [5, 5.41) is 0. The number of hydrogen-bond acceptors (Lipinski definition) is 3. The number of rotatable bonds is 3. The van der Waals surface area contributed by atoms with Crippen molar-refractivity contribution in [1.82, 2.24) is 0 Å². The van der Waals surface area contributed by atoms with Gasteiger partial charge in [-0.15, -0.1) is 11.3 Å². The standard InChI is InChI=1S/C12H18ClNOS/c13-12-7-6-9(16-12)8-15-11-5-3-1-2-4-10(11)14/h6-7,10-11H,1-5,8,14H2. The molecule has 90 valence electrons. The van der Waals surface area contributed by atoms with E-state index in [-0.39, 0.29) is 12.1 Å². The summed E-state index contributed by atoms with van der Waals surface area (Å²) in [4.78, 5) is 1.18. The molecule has 0 amide bonds. The average Bonchev–Trinajstić information content (AvgIpc) is 2.56. The van der Waals surface area contributed by atoms with Crippen LogP contribution in [0.1, 0.15) is 37.0 Å². The van der Waals surface area contributed by atoms with Crippen LogP contribution in [0.2, 0.25) is 4.34 Å². The Labute approximate surface area is 106 Å². The predicted molar refractivity (Wildman–Crippen MR) is 69.0 cm³/mol. The third-order valence-electron chi connectivity index (χ3n) is 3.07. The maximum absolute atomic E-state index is 6.10. The van der Waals surface area contributed by atoms with Crippen LogP contribution in [-0.2, 0) is 11.3 Å². The predicted octanol–water partition coefficient (Wildman–Crippen LogP) is 3.58. The maximum atomic E-state index is 6.10. The highest BCUT2D eigenvalue weighted by molar-refractivity contribution is 7.16. The second-order valence-corrected chi connectivity index (χ2v) is 6.16. The molecule has 1 aromatic rings. The summed E-state index contributed by atoms with van der Waals surface area (Å²) in [6.07, 6.45) is 6.19. The quantitative estimate of drug-likeness (QED) is 0.843. The first kappa shape index (κ1) is 12.4. The monoisotopic (exact) mass is 259 g/mol. The van der Waals surface area contributed by atoms with E-state index in [0.29, 0.717) is 6.61 Å². The number of halogens is 1. The van der Waals surface area contributed by atoms with Gasteiger partial charge in [0, 0.05) is 10.9 Å². The van der Waals surface area contributed by atoms with Crippen LogP contribution in [0.4, 0.5) is 0 Å². The second kappa shape index (κ2) is 6.01. The highest BCUT2D eigenvalue weighted by Crippen LogP contribution is 2.24. The van der Waals surface area contributed by atoms with Gasteiger partial charge >= 0.3 is 0 Å². The van der Waals surface area contributed by atoms with E-state index in [1.165, 1.54) is 24.1 Å². The number of ether oxygens (including phenoxy) is 1. The van der Waals surface area contributed by atoms with Gasteiger partial charge < -0.3 is 10.5 Å². The van der Waals surface area contributed by atoms with Gasteiger partial charge in [-0.1, -0.05) is 30.9 Å². The van der Waals surface area contributed by atoms with Crippen molar-refractivity contribution in [2.24, 2.45) is 5.73 Å². The lowest BCUT2D eigenvalue weighted by Gasteiger charge is -2.21. The first-order valence-corrected chi connectivity index (χ1v) is 7.06. The zero-order chi connectivity index (χ0) is 11.4. The van der Waals surface area contributed by atoms with Crippen LogP contribution in [0.25, 0.3) is 0 Å². The summed E-state index contributed by atoms with van der Waals surface area (Å²) in [5.41, 5.74) is 6.10. The summed E-state index contributed by atoms with van der Waals surface area (Å²) in [6, 6.07) is 4.14. The van der Waals surface area contributed by atoms with Gasteiger partial charge in [0.15, 0.2) is 0 Å². The molecule has 0 aliphatic heterocycles. The smallest absolute Gasteiger partial charge is 0.0932 e. The van der Waals surface area contributed by atoms with Crippen molar-refractivity contribution in [3.05, 3.63) is 21.3 Å². The highest BCUT2D eigenvalue weighted by atomic mass is 35.5. The molecule has 16 heavy (non-hydrogen) atoms. The van der Waals surface area contributed by atoms with Crippen LogP contribution in [-0.4, -0.2) is 12.1 Å². The normalized spacial score (nSPS) is 26.6. The molecule has 1 saturated carbocycles. The summed E-state index contributed by atoms with van der Waals surface area (Å²) in [5.74, 6) is 0. The lowest BCUT2D eigenvalue weighted by Crippen LogP contribution is -2.35. The third kappa shape index (κ3) is 3.45. The van der Waals surface area contributed by atoms with Crippen molar-refractivity contribution in [2.45, 2.75) is 50.9 Å². The molecule has 2 rings (SSSR count).